The van der Waals surface area contributed by atoms with Crippen LogP contribution in [-0.4, -0.2) is 14.5 Å². The van der Waals surface area contributed by atoms with E-state index < -0.39 is 0 Å². The van der Waals surface area contributed by atoms with Crippen molar-refractivity contribution in [2.45, 2.75) is 19.3 Å². The van der Waals surface area contributed by atoms with Crippen LogP contribution in [0.5, 0.6) is 0 Å². The van der Waals surface area contributed by atoms with Gasteiger partial charge in [0.2, 0.25) is 0 Å². The minimum atomic E-state index is 0.955. The van der Waals surface area contributed by atoms with Gasteiger partial charge in [-0.05, 0) is 147 Å². The molecule has 0 N–H and O–H groups in total. The third-order valence-electron chi connectivity index (χ3n) is 11.6. The van der Waals surface area contributed by atoms with Gasteiger partial charge < -0.3 is 4.57 Å². The van der Waals surface area contributed by atoms with Crippen LogP contribution in [0.4, 0.5) is 0 Å². The van der Waals surface area contributed by atoms with Gasteiger partial charge in [-0.25, -0.2) is 0 Å². The summed E-state index contributed by atoms with van der Waals surface area (Å²) in [4.78, 5) is 9.51. The van der Waals surface area contributed by atoms with Crippen molar-refractivity contribution in [1.82, 2.24) is 14.5 Å². The summed E-state index contributed by atoms with van der Waals surface area (Å²) in [6, 6.07) is 59.7. The molecule has 0 saturated carbocycles. The highest BCUT2D eigenvalue weighted by molar-refractivity contribution is 6.12. The van der Waals surface area contributed by atoms with Crippen molar-refractivity contribution >= 4 is 33.0 Å². The van der Waals surface area contributed by atoms with Crippen LogP contribution >= 0.6 is 0 Å². The predicted octanol–water partition coefficient (Wildman–Crippen LogP) is 13.4. The van der Waals surface area contributed by atoms with E-state index in [4.69, 9.17) is 9.97 Å². The first-order valence-electron chi connectivity index (χ1n) is 19.5. The first-order chi connectivity index (χ1) is 27.8. The van der Waals surface area contributed by atoms with Gasteiger partial charge in [-0.2, -0.15) is 0 Å². The molecule has 3 nitrogen and oxygen atoms in total. The lowest BCUT2D eigenvalue weighted by Gasteiger charge is -2.16. The number of hydrogen-bond donors (Lipinski definition) is 0. The van der Waals surface area contributed by atoms with Crippen molar-refractivity contribution in [3.05, 3.63) is 211 Å². The molecule has 3 heterocycles. The first-order valence-corrected chi connectivity index (χ1v) is 19.5. The normalized spacial score (nSPS) is 13.4. The van der Waals surface area contributed by atoms with E-state index in [1.54, 1.807) is 0 Å². The molecule has 0 bridgehead atoms. The number of hydrogen-bond acceptors (Lipinski definition) is 2. The third kappa shape index (κ3) is 5.43. The second-order valence-electron chi connectivity index (χ2n) is 14.9. The van der Waals surface area contributed by atoms with E-state index in [0.717, 1.165) is 36.2 Å². The number of pyridine rings is 2. The summed E-state index contributed by atoms with van der Waals surface area (Å²) in [7, 11) is 0. The molecule has 9 aromatic rings. The van der Waals surface area contributed by atoms with E-state index in [9.17, 15) is 0 Å². The summed E-state index contributed by atoms with van der Waals surface area (Å²) >= 11 is 0. The topological polar surface area (TPSA) is 30.7 Å². The Labute approximate surface area is 326 Å². The van der Waals surface area contributed by atoms with E-state index in [2.05, 4.69) is 168 Å². The maximum Gasteiger partial charge on any atom is 0.0708 e. The quantitative estimate of drug-likeness (QED) is 0.172. The minimum Gasteiger partial charge on any atom is -0.309 e. The van der Waals surface area contributed by atoms with Crippen LogP contribution in [0.3, 0.4) is 0 Å². The molecule has 0 unspecified atom stereocenters. The average molecular weight is 716 g/mol. The average Bonchev–Trinajstić information content (AvgIpc) is 3.81. The monoisotopic (exact) mass is 715 g/mol. The molecule has 0 amide bonds. The smallest absolute Gasteiger partial charge is 0.0708 e. The molecule has 6 aromatic carbocycles. The van der Waals surface area contributed by atoms with Crippen molar-refractivity contribution in [2.75, 3.05) is 0 Å². The van der Waals surface area contributed by atoms with E-state index in [-0.39, 0.29) is 0 Å². The van der Waals surface area contributed by atoms with E-state index >= 15 is 0 Å². The highest BCUT2D eigenvalue weighted by Gasteiger charge is 2.23. The molecule has 0 radical (unpaired) electrons. The fraction of sp³-hybridized carbons (Fsp3) is 0.0566. The Morgan fingerprint density at radius 1 is 0.446 bits per heavy atom. The number of nitrogens with zero attached hydrogens (tertiary/aromatic N) is 3. The lowest BCUT2D eigenvalue weighted by atomic mass is 9.89. The molecule has 2 aliphatic carbocycles. The molecule has 0 fully saturated rings. The zero-order chi connectivity index (χ0) is 37.0. The Morgan fingerprint density at radius 2 is 1.09 bits per heavy atom. The summed E-state index contributed by atoms with van der Waals surface area (Å²) in [6.07, 6.45) is 11.3. The first kappa shape index (κ1) is 32.3. The molecule has 264 valence electrons. The molecule has 56 heavy (non-hydrogen) atoms. The molecule has 0 atom stereocenters. The molecule has 2 aliphatic rings. The second kappa shape index (κ2) is 13.3. The van der Waals surface area contributed by atoms with Gasteiger partial charge in [-0.1, -0.05) is 109 Å². The maximum absolute atomic E-state index is 4.78. The Kier molecular flexibility index (Phi) is 7.70. The molecule has 3 heteroatoms. The van der Waals surface area contributed by atoms with Gasteiger partial charge in [0.15, 0.2) is 0 Å². The van der Waals surface area contributed by atoms with Crippen LogP contribution in [0.15, 0.2) is 188 Å². The standard InChI is InChI=1S/C53H37N3/c1-2-12-35(13-3-1)36-20-21-37-30-38-22-25-41(34-47(38)46(37)31-36)56-52-26-23-39(42-14-4-6-16-44(42)50-18-8-10-28-54-50)32-48(52)49-33-40(24-27-53(49)56)43-15-5-7-17-45(43)51-19-9-11-29-55-51/h1-6,8-16,18-29,31-34H,7,17,30H2. The Morgan fingerprint density at radius 3 is 1.86 bits per heavy atom. The maximum atomic E-state index is 4.78. The SMILES string of the molecule is C1=CC(c2ccc3c(c2)c2cc(-c4ccccc4-c4ccccn4)ccc2n3-c2ccc3c(c2)-c2cc(-c4ccccc4)ccc2C3)=C(c2ccccn2)CC1. The zero-order valence-electron chi connectivity index (χ0n) is 30.9. The summed E-state index contributed by atoms with van der Waals surface area (Å²) in [5.74, 6) is 0. The predicted molar refractivity (Wildman–Crippen MR) is 233 cm³/mol. The fourth-order valence-corrected chi connectivity index (χ4v) is 8.96. The fourth-order valence-electron chi connectivity index (χ4n) is 8.96. The van der Waals surface area contributed by atoms with Crippen LogP contribution in [0.2, 0.25) is 0 Å². The Hall–Kier alpha value is -7.10. The van der Waals surface area contributed by atoms with Crippen molar-refractivity contribution in [3.63, 3.8) is 0 Å². The van der Waals surface area contributed by atoms with E-state index in [0.29, 0.717) is 0 Å². The highest BCUT2D eigenvalue weighted by Crippen LogP contribution is 2.44. The summed E-state index contributed by atoms with van der Waals surface area (Å²) < 4.78 is 2.47. The van der Waals surface area contributed by atoms with Gasteiger partial charge in [0.1, 0.15) is 0 Å². The van der Waals surface area contributed by atoms with Gasteiger partial charge in [0, 0.05) is 34.4 Å². The zero-order valence-corrected chi connectivity index (χ0v) is 30.9. The molecule has 0 aliphatic heterocycles. The number of aromatic nitrogens is 3. The van der Waals surface area contributed by atoms with Crippen LogP contribution in [-0.2, 0) is 6.42 Å². The molecular weight excluding hydrogens is 679 g/mol. The second-order valence-corrected chi connectivity index (χ2v) is 14.9. The molecular formula is C53H37N3. The number of rotatable bonds is 6. The lowest BCUT2D eigenvalue weighted by Crippen LogP contribution is -1.98. The van der Waals surface area contributed by atoms with Crippen LogP contribution < -0.4 is 0 Å². The van der Waals surface area contributed by atoms with Gasteiger partial charge in [-0.15, -0.1) is 0 Å². The molecule has 0 spiro atoms. The number of allylic oxidation sites excluding steroid dienone is 4. The van der Waals surface area contributed by atoms with Crippen molar-refractivity contribution in [3.8, 4) is 50.3 Å². The Bertz CT molecular complexity index is 3020. The van der Waals surface area contributed by atoms with E-state index in [1.807, 2.05) is 24.5 Å². The lowest BCUT2D eigenvalue weighted by molar-refractivity contribution is 1.04. The Balaban J connectivity index is 1.12. The van der Waals surface area contributed by atoms with Crippen molar-refractivity contribution < 1.29 is 0 Å². The third-order valence-corrected chi connectivity index (χ3v) is 11.6. The molecule has 11 rings (SSSR count). The summed E-state index contributed by atoms with van der Waals surface area (Å²) in [5.41, 5.74) is 20.7. The highest BCUT2D eigenvalue weighted by atomic mass is 15.0. The van der Waals surface area contributed by atoms with Crippen LogP contribution in [0, 0.1) is 0 Å². The van der Waals surface area contributed by atoms with Crippen LogP contribution in [0.25, 0.3) is 83.3 Å². The van der Waals surface area contributed by atoms with Crippen LogP contribution in [0.1, 0.15) is 35.2 Å². The summed E-state index contributed by atoms with van der Waals surface area (Å²) in [5, 5.41) is 2.45. The summed E-state index contributed by atoms with van der Waals surface area (Å²) in [6.45, 7) is 0. The van der Waals surface area contributed by atoms with Crippen molar-refractivity contribution in [2.24, 2.45) is 0 Å². The van der Waals surface area contributed by atoms with Gasteiger partial charge in [0.25, 0.3) is 0 Å². The van der Waals surface area contributed by atoms with Gasteiger partial charge in [0.05, 0.1) is 22.4 Å². The van der Waals surface area contributed by atoms with Gasteiger partial charge >= 0.3 is 0 Å². The number of benzene rings is 6. The van der Waals surface area contributed by atoms with Crippen molar-refractivity contribution in [1.29, 1.82) is 0 Å². The molecule has 0 saturated heterocycles. The number of fused-ring (bicyclic) bond motifs is 6. The largest absolute Gasteiger partial charge is 0.309 e. The van der Waals surface area contributed by atoms with E-state index in [1.165, 1.54) is 88.7 Å². The molecule has 3 aromatic heterocycles. The van der Waals surface area contributed by atoms with Gasteiger partial charge in [-0.3, -0.25) is 9.97 Å². The minimum absolute atomic E-state index is 0.955.